The molecule has 0 amide bonds. The number of aryl methyl sites for hydroxylation is 3. The minimum absolute atomic E-state index is 0.596. The van der Waals surface area contributed by atoms with E-state index in [1.54, 1.807) is 0 Å². The molecule has 2 fully saturated rings. The van der Waals surface area contributed by atoms with Crippen molar-refractivity contribution in [3.8, 4) is 0 Å². The van der Waals surface area contributed by atoms with Crippen molar-refractivity contribution < 1.29 is 0 Å². The van der Waals surface area contributed by atoms with E-state index in [0.717, 1.165) is 36.2 Å². The van der Waals surface area contributed by atoms with Gasteiger partial charge in [0.15, 0.2) is 5.11 Å². The van der Waals surface area contributed by atoms with Crippen LogP contribution in [0.5, 0.6) is 0 Å². The van der Waals surface area contributed by atoms with Gasteiger partial charge in [0, 0.05) is 11.7 Å². The van der Waals surface area contributed by atoms with Gasteiger partial charge in [0.05, 0.1) is 0 Å². The molecule has 3 unspecified atom stereocenters. The summed E-state index contributed by atoms with van der Waals surface area (Å²) in [6, 6.07) is 5.27. The number of fused-ring (bicyclic) bond motifs is 2. The second-order valence-corrected chi connectivity index (χ2v) is 7.64. The van der Waals surface area contributed by atoms with E-state index in [-0.39, 0.29) is 0 Å². The summed E-state index contributed by atoms with van der Waals surface area (Å²) < 4.78 is 0. The highest BCUT2D eigenvalue weighted by atomic mass is 32.1. The molecule has 23 heavy (non-hydrogen) atoms. The van der Waals surface area contributed by atoms with Gasteiger partial charge in [-0.05, 0) is 79.3 Å². The van der Waals surface area contributed by atoms with Crippen LogP contribution in [0.4, 0.5) is 5.69 Å². The van der Waals surface area contributed by atoms with Gasteiger partial charge in [-0.3, -0.25) is 0 Å². The first kappa shape index (κ1) is 16.8. The molecule has 2 nitrogen and oxygen atoms in total. The van der Waals surface area contributed by atoms with Crippen LogP contribution < -0.4 is 10.6 Å². The zero-order valence-electron chi connectivity index (χ0n) is 14.7. The molecule has 0 heterocycles. The first-order valence-corrected chi connectivity index (χ1v) is 9.77. The van der Waals surface area contributed by atoms with E-state index in [1.807, 2.05) is 0 Å². The number of nitrogens with one attached hydrogen (secondary N) is 2. The van der Waals surface area contributed by atoms with Crippen molar-refractivity contribution in [1.29, 1.82) is 0 Å². The van der Waals surface area contributed by atoms with Gasteiger partial charge in [0.2, 0.25) is 0 Å². The molecule has 1 aromatic rings. The van der Waals surface area contributed by atoms with Crippen LogP contribution in [-0.4, -0.2) is 11.2 Å². The number of anilines is 1. The number of hydrogen-bond acceptors (Lipinski definition) is 1. The third-order valence-electron chi connectivity index (χ3n) is 5.82. The first-order valence-electron chi connectivity index (χ1n) is 9.36. The van der Waals surface area contributed by atoms with Crippen molar-refractivity contribution >= 4 is 23.0 Å². The van der Waals surface area contributed by atoms with E-state index in [0.29, 0.717) is 6.04 Å². The summed E-state index contributed by atoms with van der Waals surface area (Å²) in [6.45, 7) is 6.68. The predicted molar refractivity (Wildman–Crippen MR) is 103 cm³/mol. The zero-order valence-corrected chi connectivity index (χ0v) is 15.6. The largest absolute Gasteiger partial charge is 0.359 e. The molecule has 2 bridgehead atoms. The van der Waals surface area contributed by atoms with Gasteiger partial charge in [-0.25, -0.2) is 0 Å². The van der Waals surface area contributed by atoms with Gasteiger partial charge in [-0.1, -0.05) is 39.3 Å². The Morgan fingerprint density at radius 3 is 2.22 bits per heavy atom. The van der Waals surface area contributed by atoms with Crippen molar-refractivity contribution in [3.05, 3.63) is 28.8 Å². The molecule has 2 N–H and O–H groups in total. The molecule has 0 aromatic heterocycles. The third-order valence-corrected chi connectivity index (χ3v) is 6.04. The molecule has 0 saturated heterocycles. The fourth-order valence-corrected chi connectivity index (χ4v) is 4.76. The van der Waals surface area contributed by atoms with Crippen LogP contribution in [0.25, 0.3) is 0 Å². The second kappa shape index (κ2) is 7.21. The van der Waals surface area contributed by atoms with E-state index in [4.69, 9.17) is 12.2 Å². The normalized spacial score (nSPS) is 25.6. The van der Waals surface area contributed by atoms with Gasteiger partial charge in [-0.2, -0.15) is 0 Å². The molecule has 0 radical (unpaired) electrons. The highest BCUT2D eigenvalue weighted by molar-refractivity contribution is 7.80. The Hall–Kier alpha value is -1.09. The maximum absolute atomic E-state index is 5.64. The Balaban J connectivity index is 1.72. The van der Waals surface area contributed by atoms with Crippen LogP contribution in [0.1, 0.15) is 63.1 Å². The lowest BCUT2D eigenvalue weighted by molar-refractivity contribution is 0.392. The fourth-order valence-electron chi connectivity index (χ4n) is 4.50. The van der Waals surface area contributed by atoms with E-state index >= 15 is 0 Å². The maximum atomic E-state index is 5.64. The molecule has 0 spiro atoms. The number of thiocarbonyl (C=S) groups is 1. The van der Waals surface area contributed by atoms with E-state index in [2.05, 4.69) is 43.5 Å². The SMILES string of the molecule is CCc1cc(CC)c(NC(=S)NC2CC3CCC2C3)c(CC)c1. The minimum Gasteiger partial charge on any atom is -0.359 e. The smallest absolute Gasteiger partial charge is 0.171 e. The van der Waals surface area contributed by atoms with Crippen LogP contribution in [-0.2, 0) is 19.3 Å². The summed E-state index contributed by atoms with van der Waals surface area (Å²) in [5, 5.41) is 7.97. The number of hydrogen-bond donors (Lipinski definition) is 2. The summed E-state index contributed by atoms with van der Waals surface area (Å²) >= 11 is 5.64. The molecular weight excluding hydrogens is 300 g/mol. The van der Waals surface area contributed by atoms with Gasteiger partial charge in [0.1, 0.15) is 0 Å². The average Bonchev–Trinajstić information content (AvgIpc) is 3.17. The molecular formula is C20H30N2S. The van der Waals surface area contributed by atoms with E-state index < -0.39 is 0 Å². The van der Waals surface area contributed by atoms with Gasteiger partial charge < -0.3 is 10.6 Å². The van der Waals surface area contributed by atoms with Crippen LogP contribution >= 0.6 is 12.2 Å². The molecule has 1 aromatic carbocycles. The first-order chi connectivity index (χ1) is 11.1. The quantitative estimate of drug-likeness (QED) is 0.755. The molecule has 3 heteroatoms. The maximum Gasteiger partial charge on any atom is 0.171 e. The molecule has 3 rings (SSSR count). The molecule has 2 saturated carbocycles. The Bertz CT molecular complexity index is 556. The van der Waals surface area contributed by atoms with Crippen LogP contribution in [0, 0.1) is 11.8 Å². The van der Waals surface area contributed by atoms with Crippen molar-refractivity contribution in [1.82, 2.24) is 5.32 Å². The van der Waals surface area contributed by atoms with Crippen LogP contribution in [0.2, 0.25) is 0 Å². The Morgan fingerprint density at radius 2 is 1.74 bits per heavy atom. The molecule has 2 aliphatic carbocycles. The summed E-state index contributed by atoms with van der Waals surface area (Å²) in [5.41, 5.74) is 5.45. The number of rotatable bonds is 5. The lowest BCUT2D eigenvalue weighted by atomic mass is 9.95. The Kier molecular flexibility index (Phi) is 5.25. The predicted octanol–water partition coefficient (Wildman–Crippen LogP) is 4.85. The van der Waals surface area contributed by atoms with Crippen molar-refractivity contribution in [2.75, 3.05) is 5.32 Å². The number of benzene rings is 1. The summed E-state index contributed by atoms with van der Waals surface area (Å²) in [6.07, 6.45) is 8.71. The topological polar surface area (TPSA) is 24.1 Å². The van der Waals surface area contributed by atoms with Crippen molar-refractivity contribution in [2.45, 2.75) is 71.8 Å². The van der Waals surface area contributed by atoms with E-state index in [9.17, 15) is 0 Å². The van der Waals surface area contributed by atoms with E-state index in [1.165, 1.54) is 48.1 Å². The highest BCUT2D eigenvalue weighted by Gasteiger charge is 2.39. The second-order valence-electron chi connectivity index (χ2n) is 7.23. The van der Waals surface area contributed by atoms with Gasteiger partial charge >= 0.3 is 0 Å². The molecule has 0 aliphatic heterocycles. The standard InChI is InChI=1S/C20H30N2S/c1-4-13-9-15(5-2)19(16(6-3)10-13)22-20(23)21-18-12-14-7-8-17(18)11-14/h9-10,14,17-18H,4-8,11-12H2,1-3H3,(H2,21,22,23). The van der Waals surface area contributed by atoms with Crippen LogP contribution in [0.3, 0.4) is 0 Å². The third kappa shape index (κ3) is 3.55. The average molecular weight is 331 g/mol. The lowest BCUT2D eigenvalue weighted by Crippen LogP contribution is -2.41. The lowest BCUT2D eigenvalue weighted by Gasteiger charge is -2.26. The Labute approximate surface area is 146 Å². The van der Waals surface area contributed by atoms with Gasteiger partial charge in [-0.15, -0.1) is 0 Å². The van der Waals surface area contributed by atoms with Gasteiger partial charge in [0.25, 0.3) is 0 Å². The van der Waals surface area contributed by atoms with Crippen molar-refractivity contribution in [2.24, 2.45) is 11.8 Å². The summed E-state index contributed by atoms with van der Waals surface area (Å²) in [7, 11) is 0. The minimum atomic E-state index is 0.596. The Morgan fingerprint density at radius 1 is 1.04 bits per heavy atom. The van der Waals surface area contributed by atoms with Crippen molar-refractivity contribution in [3.63, 3.8) is 0 Å². The highest BCUT2D eigenvalue weighted by Crippen LogP contribution is 2.44. The fraction of sp³-hybridized carbons (Fsp3) is 0.650. The molecule has 2 aliphatic rings. The monoisotopic (exact) mass is 330 g/mol. The van der Waals surface area contributed by atoms with Crippen LogP contribution in [0.15, 0.2) is 12.1 Å². The summed E-state index contributed by atoms with van der Waals surface area (Å²) in [5.74, 6) is 1.79. The zero-order chi connectivity index (χ0) is 16.4. The summed E-state index contributed by atoms with van der Waals surface area (Å²) in [4.78, 5) is 0. The molecule has 3 atom stereocenters. The molecule has 126 valence electrons.